The lowest BCUT2D eigenvalue weighted by Crippen LogP contribution is -2.47. The molecule has 14 heavy (non-hydrogen) atoms. The number of carbonyl (C=O) groups is 1. The topological polar surface area (TPSA) is 84.6 Å². The Kier molecular flexibility index (Phi) is 4.31. The van der Waals surface area contributed by atoms with Gasteiger partial charge in [-0.15, -0.1) is 0 Å². The maximum absolute atomic E-state index is 11.4. The van der Waals surface area contributed by atoms with Crippen LogP contribution in [-0.2, 0) is 9.53 Å². The Labute approximate surface area is 83.6 Å². The van der Waals surface area contributed by atoms with Crippen molar-refractivity contribution in [2.75, 3.05) is 13.7 Å². The van der Waals surface area contributed by atoms with Gasteiger partial charge in [0.05, 0.1) is 18.6 Å². The third-order valence-electron chi connectivity index (χ3n) is 2.49. The van der Waals surface area contributed by atoms with Gasteiger partial charge in [-0.05, 0) is 12.8 Å². The van der Waals surface area contributed by atoms with Crippen LogP contribution in [0.15, 0.2) is 0 Å². The van der Waals surface area contributed by atoms with Crippen LogP contribution in [0.2, 0.25) is 0 Å². The van der Waals surface area contributed by atoms with Gasteiger partial charge < -0.3 is 20.9 Å². The van der Waals surface area contributed by atoms with Crippen molar-refractivity contribution in [2.24, 2.45) is 5.73 Å². The minimum absolute atomic E-state index is 0.0563. The summed E-state index contributed by atoms with van der Waals surface area (Å²) in [5.41, 5.74) is 5.39. The first kappa shape index (κ1) is 11.4. The molecule has 0 radical (unpaired) electrons. The van der Waals surface area contributed by atoms with Gasteiger partial charge >= 0.3 is 0 Å². The van der Waals surface area contributed by atoms with Crippen molar-refractivity contribution in [3.05, 3.63) is 0 Å². The molecule has 0 heterocycles. The Morgan fingerprint density at radius 3 is 2.79 bits per heavy atom. The Bertz CT molecular complexity index is 188. The van der Waals surface area contributed by atoms with Gasteiger partial charge in [0.15, 0.2) is 0 Å². The second-order valence-corrected chi connectivity index (χ2v) is 3.69. The average molecular weight is 202 g/mol. The maximum atomic E-state index is 11.4. The molecule has 0 saturated heterocycles. The van der Waals surface area contributed by atoms with Crippen molar-refractivity contribution in [1.29, 1.82) is 0 Å². The molecule has 1 aliphatic carbocycles. The molecule has 5 nitrogen and oxygen atoms in total. The van der Waals surface area contributed by atoms with Gasteiger partial charge in [-0.1, -0.05) is 0 Å². The summed E-state index contributed by atoms with van der Waals surface area (Å²) in [6, 6.07) is 0.132. The summed E-state index contributed by atoms with van der Waals surface area (Å²) in [7, 11) is 1.54. The van der Waals surface area contributed by atoms with E-state index < -0.39 is 0 Å². The molecule has 4 N–H and O–H groups in total. The first-order valence-corrected chi connectivity index (χ1v) is 4.86. The van der Waals surface area contributed by atoms with Gasteiger partial charge in [0, 0.05) is 19.7 Å². The zero-order valence-electron chi connectivity index (χ0n) is 8.40. The summed E-state index contributed by atoms with van der Waals surface area (Å²) < 4.78 is 4.99. The Hall–Kier alpha value is -0.650. The molecule has 1 aliphatic rings. The molecule has 1 rings (SSSR count). The fraction of sp³-hybridized carbons (Fsp3) is 0.889. The Balaban J connectivity index is 2.15. The number of nitrogens with two attached hydrogens (primary N) is 1. The van der Waals surface area contributed by atoms with E-state index in [1.807, 2.05) is 0 Å². The van der Waals surface area contributed by atoms with E-state index in [0.717, 1.165) is 0 Å². The third kappa shape index (κ3) is 3.25. The number of aliphatic hydroxyl groups is 1. The van der Waals surface area contributed by atoms with Crippen LogP contribution in [0.25, 0.3) is 0 Å². The summed E-state index contributed by atoms with van der Waals surface area (Å²) in [4.78, 5) is 11.4. The quantitative estimate of drug-likeness (QED) is 0.533. The largest absolute Gasteiger partial charge is 0.393 e. The van der Waals surface area contributed by atoms with Gasteiger partial charge in [0.1, 0.15) is 0 Å². The van der Waals surface area contributed by atoms with Gasteiger partial charge in [-0.25, -0.2) is 0 Å². The fourth-order valence-electron chi connectivity index (χ4n) is 1.46. The lowest BCUT2D eigenvalue weighted by atomic mass is 9.89. The second-order valence-electron chi connectivity index (χ2n) is 3.69. The normalized spacial score (nSPS) is 27.9. The summed E-state index contributed by atoms with van der Waals surface area (Å²) in [5.74, 6) is -0.0563. The Morgan fingerprint density at radius 1 is 1.71 bits per heavy atom. The molecule has 1 fully saturated rings. The van der Waals surface area contributed by atoms with Crippen LogP contribution in [-0.4, -0.2) is 42.9 Å². The van der Waals surface area contributed by atoms with E-state index in [1.165, 1.54) is 7.11 Å². The molecular formula is C9H18N2O3. The molecule has 0 spiro atoms. The van der Waals surface area contributed by atoms with Gasteiger partial charge in [-0.2, -0.15) is 0 Å². The fourth-order valence-corrected chi connectivity index (χ4v) is 1.46. The highest BCUT2D eigenvalue weighted by molar-refractivity contribution is 5.76. The van der Waals surface area contributed by atoms with E-state index in [1.54, 1.807) is 0 Å². The number of ether oxygens (including phenoxy) is 1. The molecule has 1 amide bonds. The number of hydrogen-bond acceptors (Lipinski definition) is 4. The first-order chi connectivity index (χ1) is 6.65. The number of amides is 1. The van der Waals surface area contributed by atoms with Crippen molar-refractivity contribution in [3.63, 3.8) is 0 Å². The lowest BCUT2D eigenvalue weighted by Gasteiger charge is -2.32. The average Bonchev–Trinajstić information content (AvgIpc) is 2.11. The first-order valence-electron chi connectivity index (χ1n) is 4.86. The summed E-state index contributed by atoms with van der Waals surface area (Å²) in [6.45, 7) is 0.344. The molecule has 0 bridgehead atoms. The predicted octanol–water partition coefficient (Wildman–Crippen LogP) is -1.01. The lowest BCUT2D eigenvalue weighted by molar-refractivity contribution is -0.125. The van der Waals surface area contributed by atoms with Crippen LogP contribution < -0.4 is 11.1 Å². The molecule has 1 unspecified atom stereocenters. The number of aliphatic hydroxyl groups excluding tert-OH is 1. The maximum Gasteiger partial charge on any atom is 0.222 e. The van der Waals surface area contributed by atoms with E-state index in [4.69, 9.17) is 15.6 Å². The molecule has 0 aliphatic heterocycles. The molecule has 0 aromatic carbocycles. The van der Waals surface area contributed by atoms with Gasteiger partial charge in [0.2, 0.25) is 5.91 Å². The van der Waals surface area contributed by atoms with Crippen LogP contribution in [0.5, 0.6) is 0 Å². The molecule has 1 atom stereocenters. The summed E-state index contributed by atoms with van der Waals surface area (Å²) in [6.07, 6.45) is 1.16. The van der Waals surface area contributed by atoms with E-state index in [2.05, 4.69) is 5.32 Å². The van der Waals surface area contributed by atoms with E-state index in [0.29, 0.717) is 25.8 Å². The van der Waals surface area contributed by atoms with Crippen molar-refractivity contribution in [3.8, 4) is 0 Å². The zero-order chi connectivity index (χ0) is 10.6. The highest BCUT2D eigenvalue weighted by Gasteiger charge is 2.28. The minimum atomic E-state index is -0.243. The van der Waals surface area contributed by atoms with E-state index in [9.17, 15) is 4.79 Å². The van der Waals surface area contributed by atoms with Crippen LogP contribution in [0.1, 0.15) is 19.3 Å². The van der Waals surface area contributed by atoms with E-state index in [-0.39, 0.29) is 24.2 Å². The van der Waals surface area contributed by atoms with Gasteiger partial charge in [0.25, 0.3) is 0 Å². The van der Waals surface area contributed by atoms with E-state index >= 15 is 0 Å². The molecule has 0 aromatic heterocycles. The number of nitrogens with one attached hydrogen (secondary N) is 1. The second kappa shape index (κ2) is 5.29. The zero-order valence-corrected chi connectivity index (χ0v) is 8.40. The van der Waals surface area contributed by atoms with Crippen molar-refractivity contribution in [1.82, 2.24) is 5.32 Å². The van der Waals surface area contributed by atoms with Crippen LogP contribution in [0, 0.1) is 0 Å². The van der Waals surface area contributed by atoms with Crippen LogP contribution in [0.4, 0.5) is 0 Å². The number of rotatable bonds is 5. The molecule has 5 heteroatoms. The highest BCUT2D eigenvalue weighted by Crippen LogP contribution is 2.19. The predicted molar refractivity (Wildman–Crippen MR) is 51.6 cm³/mol. The smallest absolute Gasteiger partial charge is 0.222 e. The minimum Gasteiger partial charge on any atom is -0.393 e. The number of hydrogen-bond donors (Lipinski definition) is 3. The third-order valence-corrected chi connectivity index (χ3v) is 2.49. The SMILES string of the molecule is COC(CN)CC(=O)NC1CC(O)C1. The standard InChI is InChI=1S/C9H18N2O3/c1-14-8(5-10)4-9(13)11-6-2-7(12)3-6/h6-8,12H,2-5,10H2,1H3,(H,11,13). The highest BCUT2D eigenvalue weighted by atomic mass is 16.5. The molecule has 82 valence electrons. The van der Waals surface area contributed by atoms with Crippen molar-refractivity contribution < 1.29 is 14.6 Å². The molecule has 1 saturated carbocycles. The summed E-state index contributed by atoms with van der Waals surface area (Å²) >= 11 is 0. The Morgan fingerprint density at radius 2 is 2.36 bits per heavy atom. The molecular weight excluding hydrogens is 184 g/mol. The molecule has 0 aromatic rings. The van der Waals surface area contributed by atoms with Crippen molar-refractivity contribution in [2.45, 2.75) is 37.5 Å². The van der Waals surface area contributed by atoms with Crippen LogP contribution in [0.3, 0.4) is 0 Å². The van der Waals surface area contributed by atoms with Crippen LogP contribution >= 0.6 is 0 Å². The van der Waals surface area contributed by atoms with Gasteiger partial charge in [-0.3, -0.25) is 4.79 Å². The summed E-state index contributed by atoms with van der Waals surface area (Å²) in [5, 5.41) is 11.8. The number of methoxy groups -OCH3 is 1. The monoisotopic (exact) mass is 202 g/mol. The van der Waals surface area contributed by atoms with Crippen molar-refractivity contribution >= 4 is 5.91 Å². The number of carbonyl (C=O) groups excluding carboxylic acids is 1.